The molecule has 8 heteroatoms. The van der Waals surface area contributed by atoms with Gasteiger partial charge < -0.3 is 19.9 Å². The molecule has 0 radical (unpaired) electrons. The standard InChI is InChI=1S/C28H29N5O3/c1-28(2,3)36-27(35)30-21-12-13-33(17-21)26(34)19-10-8-18(9-11-19)24-15-29-16-25(32-24)23-14-20-6-4-5-7-22(20)31-23/h4-11,14-16,21,31H,12-13,17H2,1-3H3,(H,30,35). The number of para-hydroxylation sites is 1. The molecule has 8 nitrogen and oxygen atoms in total. The SMILES string of the molecule is CC(C)(C)OC(=O)NC1CCN(C(=O)c2ccc(-c3cncc(-c4cc5ccccc5[nH]4)n3)cc2)C1. The summed E-state index contributed by atoms with van der Waals surface area (Å²) < 4.78 is 5.32. The molecule has 0 spiro atoms. The topological polar surface area (TPSA) is 100 Å². The van der Waals surface area contributed by atoms with Crippen LogP contribution < -0.4 is 5.32 Å². The van der Waals surface area contributed by atoms with Gasteiger partial charge in [0.15, 0.2) is 0 Å². The lowest BCUT2D eigenvalue weighted by Crippen LogP contribution is -2.41. The molecule has 1 aliphatic rings. The van der Waals surface area contributed by atoms with Gasteiger partial charge in [0.05, 0.1) is 29.8 Å². The maximum absolute atomic E-state index is 13.0. The number of carbonyl (C=O) groups is 2. The van der Waals surface area contributed by atoms with Gasteiger partial charge in [-0.25, -0.2) is 9.78 Å². The molecule has 2 N–H and O–H groups in total. The number of carbonyl (C=O) groups excluding carboxylic acids is 2. The molecule has 1 unspecified atom stereocenters. The van der Waals surface area contributed by atoms with E-state index in [-0.39, 0.29) is 11.9 Å². The van der Waals surface area contributed by atoms with Crippen molar-refractivity contribution < 1.29 is 14.3 Å². The fourth-order valence-corrected chi connectivity index (χ4v) is 4.35. The van der Waals surface area contributed by atoms with Crippen LogP contribution in [0.1, 0.15) is 37.6 Å². The molecule has 3 heterocycles. The van der Waals surface area contributed by atoms with Crippen LogP contribution in [0.3, 0.4) is 0 Å². The molecule has 0 bridgehead atoms. The zero-order chi connectivity index (χ0) is 25.3. The molecule has 0 saturated carbocycles. The number of H-pyrrole nitrogens is 1. The molecule has 36 heavy (non-hydrogen) atoms. The molecule has 5 rings (SSSR count). The number of nitrogens with one attached hydrogen (secondary N) is 2. The summed E-state index contributed by atoms with van der Waals surface area (Å²) in [5, 5.41) is 3.98. The lowest BCUT2D eigenvalue weighted by molar-refractivity contribution is 0.0502. The number of hydrogen-bond donors (Lipinski definition) is 2. The Kier molecular flexibility index (Phi) is 6.18. The molecule has 0 aliphatic carbocycles. The first-order valence-corrected chi connectivity index (χ1v) is 12.0. The van der Waals surface area contributed by atoms with Crippen LogP contribution in [-0.2, 0) is 4.74 Å². The Bertz CT molecular complexity index is 1370. The Labute approximate surface area is 209 Å². The quantitative estimate of drug-likeness (QED) is 0.424. The van der Waals surface area contributed by atoms with Crippen LogP contribution in [-0.4, -0.2) is 56.6 Å². The van der Waals surface area contributed by atoms with Crippen molar-refractivity contribution in [3.8, 4) is 22.6 Å². The number of likely N-dealkylation sites (tertiary alicyclic amines) is 1. The molecule has 1 aliphatic heterocycles. The molecule has 4 aromatic rings. The number of rotatable bonds is 4. The van der Waals surface area contributed by atoms with E-state index in [2.05, 4.69) is 27.4 Å². The van der Waals surface area contributed by atoms with E-state index in [1.165, 1.54) is 0 Å². The Morgan fingerprint density at radius 3 is 2.56 bits per heavy atom. The van der Waals surface area contributed by atoms with Gasteiger partial charge in [0, 0.05) is 35.1 Å². The van der Waals surface area contributed by atoms with E-state index in [0.717, 1.165) is 33.5 Å². The van der Waals surface area contributed by atoms with E-state index < -0.39 is 11.7 Å². The van der Waals surface area contributed by atoms with Crippen LogP contribution in [0.5, 0.6) is 0 Å². The summed E-state index contributed by atoms with van der Waals surface area (Å²) in [6, 6.07) is 17.4. The minimum absolute atomic E-state index is 0.0621. The van der Waals surface area contributed by atoms with Gasteiger partial charge >= 0.3 is 6.09 Å². The summed E-state index contributed by atoms with van der Waals surface area (Å²) in [5.41, 5.74) is 4.35. The Balaban J connectivity index is 1.25. The van der Waals surface area contributed by atoms with E-state index in [1.54, 1.807) is 17.3 Å². The van der Waals surface area contributed by atoms with E-state index >= 15 is 0 Å². The molecule has 1 atom stereocenters. The second kappa shape index (κ2) is 9.45. The van der Waals surface area contributed by atoms with E-state index in [9.17, 15) is 9.59 Å². The van der Waals surface area contributed by atoms with Crippen LogP contribution in [0.15, 0.2) is 67.0 Å². The lowest BCUT2D eigenvalue weighted by Gasteiger charge is -2.22. The fourth-order valence-electron chi connectivity index (χ4n) is 4.35. The van der Waals surface area contributed by atoms with Crippen LogP contribution in [0.4, 0.5) is 4.79 Å². The van der Waals surface area contributed by atoms with Gasteiger partial charge in [0.25, 0.3) is 5.91 Å². The zero-order valence-corrected chi connectivity index (χ0v) is 20.6. The molecule has 2 aromatic heterocycles. The largest absolute Gasteiger partial charge is 0.444 e. The van der Waals surface area contributed by atoms with Gasteiger partial charge in [-0.1, -0.05) is 30.3 Å². The van der Waals surface area contributed by atoms with Crippen molar-refractivity contribution in [3.05, 3.63) is 72.6 Å². The average molecular weight is 484 g/mol. The van der Waals surface area contributed by atoms with Crippen LogP contribution in [0.25, 0.3) is 33.5 Å². The van der Waals surface area contributed by atoms with E-state index in [1.807, 2.05) is 63.2 Å². The second-order valence-electron chi connectivity index (χ2n) is 10.0. The number of hydrogen-bond acceptors (Lipinski definition) is 5. The minimum atomic E-state index is -0.556. The number of nitrogens with zero attached hydrogens (tertiary/aromatic N) is 3. The number of aromatic amines is 1. The van der Waals surface area contributed by atoms with Crippen molar-refractivity contribution in [1.82, 2.24) is 25.2 Å². The predicted octanol–water partition coefficient (Wildman–Crippen LogP) is 5.03. The van der Waals surface area contributed by atoms with Crippen LogP contribution in [0.2, 0.25) is 0 Å². The van der Waals surface area contributed by atoms with Gasteiger partial charge in [-0.05, 0) is 51.5 Å². The molecule has 184 valence electrons. The molecule has 1 saturated heterocycles. The van der Waals surface area contributed by atoms with Crippen molar-refractivity contribution in [2.75, 3.05) is 13.1 Å². The third kappa shape index (κ3) is 5.22. The van der Waals surface area contributed by atoms with Crippen molar-refractivity contribution in [1.29, 1.82) is 0 Å². The van der Waals surface area contributed by atoms with Gasteiger partial charge in [0.1, 0.15) is 11.3 Å². The monoisotopic (exact) mass is 483 g/mol. The predicted molar refractivity (Wildman–Crippen MR) is 138 cm³/mol. The maximum Gasteiger partial charge on any atom is 0.407 e. The number of benzene rings is 2. The molecular formula is C28H29N5O3. The Morgan fingerprint density at radius 1 is 1.06 bits per heavy atom. The number of fused-ring (bicyclic) bond motifs is 1. The van der Waals surface area contributed by atoms with Gasteiger partial charge in [0.2, 0.25) is 0 Å². The third-order valence-electron chi connectivity index (χ3n) is 6.06. The summed E-state index contributed by atoms with van der Waals surface area (Å²) in [5.74, 6) is -0.0621. The number of amides is 2. The van der Waals surface area contributed by atoms with Gasteiger partial charge in [-0.2, -0.15) is 0 Å². The van der Waals surface area contributed by atoms with Gasteiger partial charge in [-0.3, -0.25) is 9.78 Å². The molecule has 2 aromatic carbocycles. The zero-order valence-electron chi connectivity index (χ0n) is 20.6. The highest BCUT2D eigenvalue weighted by Crippen LogP contribution is 2.25. The first-order chi connectivity index (χ1) is 17.2. The minimum Gasteiger partial charge on any atom is -0.444 e. The van der Waals surface area contributed by atoms with Crippen molar-refractivity contribution in [2.24, 2.45) is 0 Å². The smallest absolute Gasteiger partial charge is 0.407 e. The summed E-state index contributed by atoms with van der Waals surface area (Å²) in [6.45, 7) is 6.51. The van der Waals surface area contributed by atoms with E-state index in [4.69, 9.17) is 9.72 Å². The summed E-state index contributed by atoms with van der Waals surface area (Å²) in [7, 11) is 0. The second-order valence-corrected chi connectivity index (χ2v) is 10.0. The fraction of sp³-hybridized carbons (Fsp3) is 0.286. The summed E-state index contributed by atoms with van der Waals surface area (Å²) in [4.78, 5) is 39.4. The van der Waals surface area contributed by atoms with Crippen molar-refractivity contribution in [2.45, 2.75) is 38.8 Å². The highest BCUT2D eigenvalue weighted by atomic mass is 16.6. The Morgan fingerprint density at radius 2 is 1.81 bits per heavy atom. The summed E-state index contributed by atoms with van der Waals surface area (Å²) >= 11 is 0. The highest BCUT2D eigenvalue weighted by Gasteiger charge is 2.29. The van der Waals surface area contributed by atoms with Crippen molar-refractivity contribution >= 4 is 22.9 Å². The normalized spacial score (nSPS) is 15.8. The molecular weight excluding hydrogens is 454 g/mol. The highest BCUT2D eigenvalue weighted by molar-refractivity contribution is 5.95. The maximum atomic E-state index is 13.0. The number of alkyl carbamates (subject to hydrolysis) is 1. The van der Waals surface area contributed by atoms with Crippen LogP contribution >= 0.6 is 0 Å². The molecule has 2 amide bonds. The average Bonchev–Trinajstić information content (AvgIpc) is 3.50. The van der Waals surface area contributed by atoms with E-state index in [0.29, 0.717) is 25.1 Å². The first kappa shape index (κ1) is 23.5. The van der Waals surface area contributed by atoms with Crippen molar-refractivity contribution in [3.63, 3.8) is 0 Å². The Hall–Kier alpha value is -4.20. The molecule has 1 fully saturated rings. The summed E-state index contributed by atoms with van der Waals surface area (Å²) in [6.07, 6.45) is 3.69. The lowest BCUT2D eigenvalue weighted by atomic mass is 10.1. The number of ether oxygens (including phenoxy) is 1. The van der Waals surface area contributed by atoms with Crippen LogP contribution in [0, 0.1) is 0 Å². The first-order valence-electron chi connectivity index (χ1n) is 12.0. The van der Waals surface area contributed by atoms with Gasteiger partial charge in [-0.15, -0.1) is 0 Å². The third-order valence-corrected chi connectivity index (χ3v) is 6.06. The number of aromatic nitrogens is 3.